The third-order valence-corrected chi connectivity index (χ3v) is 4.06. The average molecular weight is 398 g/mol. The first-order valence-corrected chi connectivity index (χ1v) is 8.56. The van der Waals surface area contributed by atoms with Crippen molar-refractivity contribution in [1.82, 2.24) is 0 Å². The number of alkyl halides is 3. The lowest BCUT2D eigenvalue weighted by Crippen LogP contribution is -2.21. The maximum absolute atomic E-state index is 12.3. The zero-order valence-electron chi connectivity index (χ0n) is 14.5. The molecule has 9 heteroatoms. The number of carbonyl (C=O) groups excluding carboxylic acids is 2. The standard InChI is InChI=1S/C18H17F3N2O3S/c1-23(2)14-7-5-13(6-8-14)22-16(24)11-26-17(25)12-3-9-15(10-4-12)27-18(19,20)21/h3-10H,11H2,1-2H3,(H,22,24). The lowest BCUT2D eigenvalue weighted by Gasteiger charge is -2.13. The molecular formula is C18H17F3N2O3S. The summed E-state index contributed by atoms with van der Waals surface area (Å²) in [6.45, 7) is -0.507. The molecule has 0 atom stereocenters. The van der Waals surface area contributed by atoms with Crippen molar-refractivity contribution in [3.63, 3.8) is 0 Å². The van der Waals surface area contributed by atoms with Crippen LogP contribution in [0.1, 0.15) is 10.4 Å². The van der Waals surface area contributed by atoms with Gasteiger partial charge in [-0.25, -0.2) is 4.79 Å². The van der Waals surface area contributed by atoms with Crippen LogP contribution in [0.25, 0.3) is 0 Å². The monoisotopic (exact) mass is 398 g/mol. The highest BCUT2D eigenvalue weighted by Crippen LogP contribution is 2.36. The van der Waals surface area contributed by atoms with Gasteiger partial charge in [0.05, 0.1) is 5.56 Å². The Kier molecular flexibility index (Phi) is 6.73. The fourth-order valence-corrected chi connectivity index (χ4v) is 2.59. The number of anilines is 2. The van der Waals surface area contributed by atoms with E-state index in [-0.39, 0.29) is 22.2 Å². The van der Waals surface area contributed by atoms with E-state index in [9.17, 15) is 22.8 Å². The SMILES string of the molecule is CN(C)c1ccc(NC(=O)COC(=O)c2ccc(SC(F)(F)F)cc2)cc1. The second kappa shape index (κ2) is 8.81. The largest absolute Gasteiger partial charge is 0.452 e. The highest BCUT2D eigenvalue weighted by molar-refractivity contribution is 8.00. The second-order valence-corrected chi connectivity index (χ2v) is 6.78. The third kappa shape index (κ3) is 6.86. The molecule has 2 aromatic rings. The van der Waals surface area contributed by atoms with Gasteiger partial charge >= 0.3 is 11.5 Å². The molecule has 1 N–H and O–H groups in total. The van der Waals surface area contributed by atoms with Crippen LogP contribution in [-0.2, 0) is 9.53 Å². The van der Waals surface area contributed by atoms with E-state index in [1.54, 1.807) is 12.1 Å². The highest BCUT2D eigenvalue weighted by atomic mass is 32.2. The normalized spacial score (nSPS) is 11.0. The summed E-state index contributed by atoms with van der Waals surface area (Å²) in [5.74, 6) is -1.32. The molecule has 0 aromatic heterocycles. The number of amides is 1. The molecular weight excluding hydrogens is 381 g/mol. The van der Waals surface area contributed by atoms with Crippen molar-refractivity contribution < 1.29 is 27.5 Å². The molecule has 1 amide bonds. The van der Waals surface area contributed by atoms with Crippen LogP contribution in [0, 0.1) is 0 Å². The first-order valence-electron chi connectivity index (χ1n) is 7.74. The minimum atomic E-state index is -4.40. The van der Waals surface area contributed by atoms with Crippen molar-refractivity contribution in [1.29, 1.82) is 0 Å². The smallest absolute Gasteiger partial charge is 0.446 e. The molecule has 0 aliphatic carbocycles. The Morgan fingerprint density at radius 2 is 1.63 bits per heavy atom. The number of benzene rings is 2. The second-order valence-electron chi connectivity index (χ2n) is 5.64. The Labute approximate surface area is 158 Å². The van der Waals surface area contributed by atoms with Crippen LogP contribution in [0.2, 0.25) is 0 Å². The van der Waals surface area contributed by atoms with Gasteiger partial charge in [-0.2, -0.15) is 13.2 Å². The minimum absolute atomic E-state index is 0.0436. The van der Waals surface area contributed by atoms with E-state index in [2.05, 4.69) is 5.32 Å². The number of nitrogens with zero attached hydrogens (tertiary/aromatic N) is 1. The molecule has 0 bridgehead atoms. The van der Waals surface area contributed by atoms with Crippen molar-refractivity contribution in [2.75, 3.05) is 30.9 Å². The maximum Gasteiger partial charge on any atom is 0.446 e. The van der Waals surface area contributed by atoms with Gasteiger partial charge < -0.3 is 15.0 Å². The molecule has 5 nitrogen and oxygen atoms in total. The zero-order chi connectivity index (χ0) is 20.0. The van der Waals surface area contributed by atoms with Crippen LogP contribution in [0.4, 0.5) is 24.5 Å². The summed E-state index contributed by atoms with van der Waals surface area (Å²) in [5.41, 5.74) is -2.82. The molecule has 0 unspecified atom stereocenters. The van der Waals surface area contributed by atoms with Gasteiger partial charge in [0.25, 0.3) is 5.91 Å². The lowest BCUT2D eigenvalue weighted by atomic mass is 10.2. The minimum Gasteiger partial charge on any atom is -0.452 e. The molecule has 27 heavy (non-hydrogen) atoms. The van der Waals surface area contributed by atoms with Crippen molar-refractivity contribution >= 4 is 35.0 Å². The number of rotatable bonds is 6. The molecule has 0 aliphatic rings. The number of hydrogen-bond donors (Lipinski definition) is 1. The summed E-state index contributed by atoms with van der Waals surface area (Å²) >= 11 is -0.276. The number of hydrogen-bond acceptors (Lipinski definition) is 5. The zero-order valence-corrected chi connectivity index (χ0v) is 15.4. The lowest BCUT2D eigenvalue weighted by molar-refractivity contribution is -0.119. The quantitative estimate of drug-likeness (QED) is 0.585. The molecule has 144 valence electrons. The van der Waals surface area contributed by atoms with Crippen LogP contribution in [0.15, 0.2) is 53.4 Å². The van der Waals surface area contributed by atoms with Crippen LogP contribution in [0.5, 0.6) is 0 Å². The Morgan fingerprint density at radius 1 is 1.04 bits per heavy atom. The fourth-order valence-electron chi connectivity index (χ4n) is 2.05. The predicted molar refractivity (Wildman–Crippen MR) is 98.0 cm³/mol. The van der Waals surface area contributed by atoms with Gasteiger partial charge in [-0.15, -0.1) is 0 Å². The Morgan fingerprint density at radius 3 is 2.15 bits per heavy atom. The molecule has 0 spiro atoms. The molecule has 0 saturated heterocycles. The molecule has 2 rings (SSSR count). The molecule has 0 saturated carbocycles. The van der Waals surface area contributed by atoms with Gasteiger partial charge in [-0.3, -0.25) is 4.79 Å². The number of carbonyl (C=O) groups is 2. The Hall–Kier alpha value is -2.68. The molecule has 2 aromatic carbocycles. The molecule has 0 fully saturated rings. The number of ether oxygens (including phenoxy) is 1. The summed E-state index contributed by atoms with van der Waals surface area (Å²) in [6, 6.07) is 11.8. The van der Waals surface area contributed by atoms with Gasteiger partial charge in [0, 0.05) is 30.4 Å². The van der Waals surface area contributed by atoms with E-state index in [4.69, 9.17) is 4.74 Å². The first-order chi connectivity index (χ1) is 12.6. The topological polar surface area (TPSA) is 58.6 Å². The van der Waals surface area contributed by atoms with Crippen LogP contribution < -0.4 is 10.2 Å². The fraction of sp³-hybridized carbons (Fsp3) is 0.222. The summed E-state index contributed by atoms with van der Waals surface area (Å²) in [6.07, 6.45) is 0. The van der Waals surface area contributed by atoms with E-state index in [1.165, 1.54) is 24.3 Å². The number of halogens is 3. The van der Waals surface area contributed by atoms with Crippen LogP contribution >= 0.6 is 11.8 Å². The van der Waals surface area contributed by atoms with E-state index < -0.39 is 24.0 Å². The van der Waals surface area contributed by atoms with Crippen molar-refractivity contribution in [3.8, 4) is 0 Å². The molecule has 0 aliphatic heterocycles. The number of thioether (sulfide) groups is 1. The van der Waals surface area contributed by atoms with E-state index >= 15 is 0 Å². The number of nitrogens with one attached hydrogen (secondary N) is 1. The van der Waals surface area contributed by atoms with Crippen molar-refractivity contribution in [3.05, 3.63) is 54.1 Å². The summed E-state index contributed by atoms with van der Waals surface area (Å²) in [7, 11) is 3.78. The van der Waals surface area contributed by atoms with Crippen molar-refractivity contribution in [2.45, 2.75) is 10.4 Å². The summed E-state index contributed by atoms with van der Waals surface area (Å²) < 4.78 is 41.7. The Bertz CT molecular complexity index is 791. The number of esters is 1. The van der Waals surface area contributed by atoms with Crippen LogP contribution in [0.3, 0.4) is 0 Å². The van der Waals surface area contributed by atoms with Crippen molar-refractivity contribution in [2.24, 2.45) is 0 Å². The summed E-state index contributed by atoms with van der Waals surface area (Å²) in [4.78, 5) is 25.6. The average Bonchev–Trinajstić information content (AvgIpc) is 2.59. The third-order valence-electron chi connectivity index (χ3n) is 3.33. The van der Waals surface area contributed by atoms with Gasteiger partial charge in [0.2, 0.25) is 0 Å². The maximum atomic E-state index is 12.3. The highest BCUT2D eigenvalue weighted by Gasteiger charge is 2.29. The summed E-state index contributed by atoms with van der Waals surface area (Å²) in [5, 5.41) is 2.59. The van der Waals surface area contributed by atoms with Gasteiger partial charge in [0.1, 0.15) is 0 Å². The Balaban J connectivity index is 1.84. The van der Waals surface area contributed by atoms with E-state index in [0.717, 1.165) is 5.69 Å². The van der Waals surface area contributed by atoms with Gasteiger partial charge in [-0.05, 0) is 60.3 Å². The molecule has 0 radical (unpaired) electrons. The first kappa shape index (κ1) is 20.6. The predicted octanol–water partition coefficient (Wildman–Crippen LogP) is 4.16. The van der Waals surface area contributed by atoms with E-state index in [1.807, 2.05) is 31.1 Å². The molecule has 0 heterocycles. The van der Waals surface area contributed by atoms with E-state index in [0.29, 0.717) is 5.69 Å². The van der Waals surface area contributed by atoms with Crippen LogP contribution in [-0.4, -0.2) is 38.1 Å². The van der Waals surface area contributed by atoms with Gasteiger partial charge in [0.15, 0.2) is 6.61 Å². The van der Waals surface area contributed by atoms with Gasteiger partial charge in [-0.1, -0.05) is 0 Å².